The summed E-state index contributed by atoms with van der Waals surface area (Å²) < 4.78 is 29.8. The van der Waals surface area contributed by atoms with Gasteiger partial charge in [0, 0.05) is 25.2 Å². The van der Waals surface area contributed by atoms with Crippen LogP contribution in [0.25, 0.3) is 0 Å². The molecule has 0 unspecified atom stereocenters. The van der Waals surface area contributed by atoms with Gasteiger partial charge in [0.05, 0.1) is 35.1 Å². The molecule has 320 valence electrons. The Bertz CT molecular complexity index is 2030. The zero-order valence-corrected chi connectivity index (χ0v) is 34.8. The fourth-order valence-electron chi connectivity index (χ4n) is 10.0. The summed E-state index contributed by atoms with van der Waals surface area (Å²) in [6, 6.07) is 14.6. The van der Waals surface area contributed by atoms with E-state index in [0.717, 1.165) is 6.92 Å². The number of hydrogen-bond acceptors (Lipinski definition) is 14. The van der Waals surface area contributed by atoms with Crippen molar-refractivity contribution in [3.05, 3.63) is 82.9 Å². The van der Waals surface area contributed by atoms with Crippen molar-refractivity contribution in [2.75, 3.05) is 6.61 Å². The molecule has 0 aromatic heterocycles. The van der Waals surface area contributed by atoms with E-state index in [4.69, 9.17) is 23.7 Å². The smallest absolute Gasteiger partial charge is 0.408 e. The van der Waals surface area contributed by atoms with Crippen LogP contribution in [-0.4, -0.2) is 110 Å². The molecule has 6 rings (SSSR count). The first-order chi connectivity index (χ1) is 27.4. The number of nitrogens with one attached hydrogen (secondary N) is 1. The number of carbonyl (C=O) groups is 5. The molecule has 1 amide bonds. The minimum absolute atomic E-state index is 0.0696. The molecule has 2 saturated carbocycles. The minimum Gasteiger partial charge on any atom is -0.456 e. The van der Waals surface area contributed by atoms with Gasteiger partial charge in [-0.3, -0.25) is 9.59 Å². The van der Waals surface area contributed by atoms with Gasteiger partial charge in [-0.1, -0.05) is 69.3 Å². The summed E-state index contributed by atoms with van der Waals surface area (Å²) in [5.74, 6) is -3.87. The molecule has 2 bridgehead atoms. The summed E-state index contributed by atoms with van der Waals surface area (Å²) in [5.41, 5.74) is -10.4. The number of carbonyl (C=O) groups excluding carboxylic acids is 5. The van der Waals surface area contributed by atoms with Crippen LogP contribution in [0.1, 0.15) is 97.1 Å². The average Bonchev–Trinajstić information content (AvgIpc) is 3.16. The van der Waals surface area contributed by atoms with Crippen LogP contribution in [-0.2, 0) is 38.1 Å². The molecule has 59 heavy (non-hydrogen) atoms. The highest BCUT2D eigenvalue weighted by Gasteiger charge is 2.83. The molecule has 15 heteroatoms. The number of Topliss-reactive ketones (excluding diaryl/α,β-unsaturated/α-hetero) is 1. The number of ether oxygens (including phenoxy) is 5. The molecular weight excluding hydrogens is 766 g/mol. The molecule has 3 fully saturated rings. The Morgan fingerprint density at radius 2 is 1.53 bits per heavy atom. The van der Waals surface area contributed by atoms with Crippen molar-refractivity contribution in [3.63, 3.8) is 0 Å². The Morgan fingerprint density at radius 3 is 2.07 bits per heavy atom. The molecule has 5 N–H and O–H groups in total. The summed E-state index contributed by atoms with van der Waals surface area (Å²) in [5, 5.41) is 52.1. The molecule has 0 spiro atoms. The largest absolute Gasteiger partial charge is 0.456 e. The number of amides is 1. The lowest BCUT2D eigenvalue weighted by Gasteiger charge is -2.72. The van der Waals surface area contributed by atoms with Gasteiger partial charge in [0.1, 0.15) is 35.6 Å². The quantitative estimate of drug-likeness (QED) is 0.146. The molecule has 1 heterocycles. The molecule has 3 aliphatic carbocycles. The molecular formula is C44H55NO14. The molecule has 0 radical (unpaired) electrons. The topological polar surface area (TPSA) is 224 Å². The number of rotatable bonds is 8. The SMILES string of the molecule is CC(=O)O[C@@]12CO[C@@H]1C[C@H](O)[C@@]1(C)C(=O)[C@H](O)C3=C(C)[C@@H](OC(=O)[C@H](O)[C@@H](NC(=O)OC(C)(C)C)c4ccccc4)C[C@@](O)([C@@H](OC(=O)c4ccccc4)[C@]21C)C3(C)C. The number of alkyl carbamates (subject to hydrolysis) is 1. The van der Waals surface area contributed by atoms with Gasteiger partial charge in [-0.25, -0.2) is 14.4 Å². The van der Waals surface area contributed by atoms with Gasteiger partial charge < -0.3 is 49.4 Å². The lowest BCUT2D eigenvalue weighted by Crippen LogP contribution is -2.86. The Labute approximate surface area is 343 Å². The second kappa shape index (κ2) is 15.1. The van der Waals surface area contributed by atoms with E-state index >= 15 is 4.79 Å². The van der Waals surface area contributed by atoms with E-state index in [1.807, 2.05) is 0 Å². The van der Waals surface area contributed by atoms with Crippen LogP contribution in [0.3, 0.4) is 0 Å². The van der Waals surface area contributed by atoms with Crippen LogP contribution in [0.4, 0.5) is 4.79 Å². The summed E-state index contributed by atoms with van der Waals surface area (Å²) in [7, 11) is 0. The van der Waals surface area contributed by atoms with E-state index in [1.54, 1.807) is 83.1 Å². The Kier molecular flexibility index (Phi) is 11.2. The normalized spacial score (nSPS) is 34.6. The second-order valence-electron chi connectivity index (χ2n) is 18.1. The monoisotopic (exact) mass is 821 g/mol. The summed E-state index contributed by atoms with van der Waals surface area (Å²) >= 11 is 0. The fraction of sp³-hybridized carbons (Fsp3) is 0.568. The van der Waals surface area contributed by atoms with Crippen molar-refractivity contribution in [3.8, 4) is 0 Å². The molecule has 2 aromatic rings. The number of aliphatic hydroxyl groups excluding tert-OH is 3. The van der Waals surface area contributed by atoms with Gasteiger partial charge in [-0.15, -0.1) is 0 Å². The summed E-state index contributed by atoms with van der Waals surface area (Å²) in [4.78, 5) is 69.5. The third-order valence-corrected chi connectivity index (χ3v) is 13.4. The summed E-state index contributed by atoms with van der Waals surface area (Å²) in [6.45, 7) is 13.3. The van der Waals surface area contributed by atoms with E-state index in [-0.39, 0.29) is 29.7 Å². The van der Waals surface area contributed by atoms with Crippen LogP contribution in [0.15, 0.2) is 71.8 Å². The van der Waals surface area contributed by atoms with Gasteiger partial charge >= 0.3 is 24.0 Å². The lowest BCUT2D eigenvalue weighted by atomic mass is 9.38. The van der Waals surface area contributed by atoms with E-state index in [9.17, 15) is 39.6 Å². The van der Waals surface area contributed by atoms with Gasteiger partial charge in [-0.05, 0) is 63.5 Å². The van der Waals surface area contributed by atoms with Crippen LogP contribution < -0.4 is 5.32 Å². The standard InChI is InChI=1S/C44H55NO14/c1-23-27(56-36(52)33(49)31(25-16-12-10-13-17-25)45-38(53)59-39(3,4)5)21-43(54)37(57-35(51)26-18-14-11-15-19-26)42(9)41(8,34(50)32(48)30(23)40(43,6)7)28(47)20-29-44(42,22-55-29)58-24(2)46/h10-19,27-29,31-33,37,47-49,54H,20-22H2,1-9H3,(H,45,53)/t27-,28-,29+,31-,32+,33+,37-,41-,42-,43+,44-/m0/s1. The number of hydrogen-bond donors (Lipinski definition) is 5. The van der Waals surface area contributed by atoms with Gasteiger partial charge in [0.15, 0.2) is 17.5 Å². The first-order valence-electron chi connectivity index (χ1n) is 19.7. The van der Waals surface area contributed by atoms with Crippen molar-refractivity contribution >= 4 is 29.8 Å². The number of esters is 3. The third-order valence-electron chi connectivity index (χ3n) is 13.4. The zero-order chi connectivity index (χ0) is 43.7. The van der Waals surface area contributed by atoms with E-state index < -0.39 is 112 Å². The van der Waals surface area contributed by atoms with Crippen molar-refractivity contribution in [1.29, 1.82) is 0 Å². The molecule has 15 nitrogen and oxygen atoms in total. The zero-order valence-electron chi connectivity index (χ0n) is 34.8. The predicted octanol–water partition coefficient (Wildman–Crippen LogP) is 3.65. The molecule has 1 aliphatic heterocycles. The van der Waals surface area contributed by atoms with Gasteiger partial charge in [-0.2, -0.15) is 0 Å². The second-order valence-corrected chi connectivity index (χ2v) is 18.1. The average molecular weight is 822 g/mol. The Balaban J connectivity index is 1.52. The molecule has 2 aromatic carbocycles. The van der Waals surface area contributed by atoms with Gasteiger partial charge in [0.25, 0.3) is 0 Å². The van der Waals surface area contributed by atoms with E-state index in [2.05, 4.69) is 5.32 Å². The fourth-order valence-corrected chi connectivity index (χ4v) is 10.0. The Hall–Kier alpha value is -4.67. The number of ketones is 1. The number of benzene rings is 2. The van der Waals surface area contributed by atoms with E-state index in [1.165, 1.54) is 32.9 Å². The van der Waals surface area contributed by atoms with Crippen molar-refractivity contribution < 1.29 is 68.1 Å². The number of aliphatic hydroxyl groups is 4. The maximum Gasteiger partial charge on any atom is 0.408 e. The Morgan fingerprint density at radius 1 is 0.932 bits per heavy atom. The van der Waals surface area contributed by atoms with Crippen LogP contribution >= 0.6 is 0 Å². The van der Waals surface area contributed by atoms with Crippen LogP contribution in [0.5, 0.6) is 0 Å². The maximum atomic E-state index is 15.2. The first-order valence-corrected chi connectivity index (χ1v) is 19.7. The summed E-state index contributed by atoms with van der Waals surface area (Å²) in [6.07, 6.45) is -11.7. The van der Waals surface area contributed by atoms with E-state index in [0.29, 0.717) is 5.56 Å². The molecule has 1 saturated heterocycles. The minimum atomic E-state index is -2.39. The molecule has 4 aliphatic rings. The first kappa shape index (κ1) is 43.9. The van der Waals surface area contributed by atoms with Crippen LogP contribution in [0, 0.1) is 16.2 Å². The highest BCUT2D eigenvalue weighted by Crippen LogP contribution is 2.69. The van der Waals surface area contributed by atoms with Gasteiger partial charge in [0.2, 0.25) is 0 Å². The van der Waals surface area contributed by atoms with Crippen molar-refractivity contribution in [2.45, 2.75) is 135 Å². The number of fused-ring (bicyclic) bond motifs is 5. The lowest BCUT2D eigenvalue weighted by molar-refractivity contribution is -0.380. The maximum absolute atomic E-state index is 15.2. The predicted molar refractivity (Wildman–Crippen MR) is 208 cm³/mol. The van der Waals surface area contributed by atoms with Crippen molar-refractivity contribution in [2.24, 2.45) is 16.2 Å². The molecule has 11 atom stereocenters. The van der Waals surface area contributed by atoms with Crippen molar-refractivity contribution in [1.82, 2.24) is 5.32 Å². The highest BCUT2D eigenvalue weighted by molar-refractivity contribution is 5.95. The van der Waals surface area contributed by atoms with Crippen LogP contribution in [0.2, 0.25) is 0 Å². The highest BCUT2D eigenvalue weighted by atomic mass is 16.6. The third kappa shape index (κ3) is 6.84.